The highest BCUT2D eigenvalue weighted by molar-refractivity contribution is 5.99. The fraction of sp³-hybridized carbons (Fsp3) is 0.440. The summed E-state index contributed by atoms with van der Waals surface area (Å²) in [7, 11) is 1.75. The molecule has 4 fully saturated rings. The van der Waals surface area contributed by atoms with E-state index in [0.717, 1.165) is 29.1 Å². The molecule has 0 radical (unpaired) electrons. The minimum atomic E-state index is -0.950. The number of hydrogen-bond acceptors (Lipinski definition) is 3. The molecule has 5 heteroatoms. The summed E-state index contributed by atoms with van der Waals surface area (Å²) in [5.74, 6) is 3.00. The smallest absolute Gasteiger partial charge is 0.335 e. The standard InChI is InChI=1S/C25H28N2O3/c1-30-22-7-4-19(23(26)27-20-5-2-18(3-6-20)24(28)29)11-21(22)25-12-15-8-16(13-25)10-17(9-15)14-25/h2-7,11,15-17H,8-10,12-14H2,1H3,(H2,26,27)(H,28,29). The largest absolute Gasteiger partial charge is 0.496 e. The van der Waals surface area contributed by atoms with E-state index in [1.54, 1.807) is 31.4 Å². The monoisotopic (exact) mass is 404 g/mol. The molecule has 0 amide bonds. The number of nitrogens with zero attached hydrogens (tertiary/aromatic N) is 1. The highest BCUT2D eigenvalue weighted by atomic mass is 16.5. The van der Waals surface area contributed by atoms with Crippen molar-refractivity contribution in [2.24, 2.45) is 28.5 Å². The van der Waals surface area contributed by atoms with Crippen molar-refractivity contribution in [3.8, 4) is 5.75 Å². The number of carbonyl (C=O) groups is 1. The van der Waals surface area contributed by atoms with Crippen molar-refractivity contribution in [3.63, 3.8) is 0 Å². The summed E-state index contributed by atoms with van der Waals surface area (Å²) in [6.07, 6.45) is 7.97. The lowest BCUT2D eigenvalue weighted by atomic mass is 9.48. The number of carboxylic acids is 1. The zero-order valence-electron chi connectivity index (χ0n) is 17.3. The summed E-state index contributed by atoms with van der Waals surface area (Å²) in [4.78, 5) is 15.6. The van der Waals surface area contributed by atoms with Crippen molar-refractivity contribution >= 4 is 17.5 Å². The van der Waals surface area contributed by atoms with Crippen LogP contribution in [-0.4, -0.2) is 24.0 Å². The summed E-state index contributed by atoms with van der Waals surface area (Å²) >= 11 is 0. The Morgan fingerprint density at radius 1 is 1.00 bits per heavy atom. The number of carboxylic acid groups (broad SMARTS) is 1. The van der Waals surface area contributed by atoms with Gasteiger partial charge in [-0.3, -0.25) is 0 Å². The molecule has 0 atom stereocenters. The Morgan fingerprint density at radius 3 is 2.10 bits per heavy atom. The topological polar surface area (TPSA) is 84.9 Å². The molecule has 2 aromatic carbocycles. The molecule has 0 aliphatic heterocycles. The first-order chi connectivity index (χ1) is 14.5. The van der Waals surface area contributed by atoms with Gasteiger partial charge in [-0.1, -0.05) is 0 Å². The van der Waals surface area contributed by atoms with Gasteiger partial charge < -0.3 is 15.6 Å². The van der Waals surface area contributed by atoms with E-state index >= 15 is 0 Å². The van der Waals surface area contributed by atoms with E-state index < -0.39 is 5.97 Å². The third-order valence-corrected chi connectivity index (χ3v) is 7.47. The number of aromatic carboxylic acids is 1. The van der Waals surface area contributed by atoms with Crippen LogP contribution in [0.4, 0.5) is 5.69 Å². The van der Waals surface area contributed by atoms with Crippen LogP contribution in [0, 0.1) is 17.8 Å². The molecule has 0 spiro atoms. The SMILES string of the molecule is COc1ccc(C(N)=Nc2ccc(C(=O)O)cc2)cc1C12CC3CC(CC(C3)C1)C2. The maximum Gasteiger partial charge on any atom is 0.335 e. The van der Waals surface area contributed by atoms with Crippen LogP contribution in [0.2, 0.25) is 0 Å². The molecular weight excluding hydrogens is 376 g/mol. The Labute approximate surface area is 177 Å². The van der Waals surface area contributed by atoms with Crippen LogP contribution in [0.15, 0.2) is 47.5 Å². The molecule has 5 nitrogen and oxygen atoms in total. The number of nitrogens with two attached hydrogens (primary N) is 1. The van der Waals surface area contributed by atoms with Crippen molar-refractivity contribution in [1.29, 1.82) is 0 Å². The molecule has 0 aromatic heterocycles. The summed E-state index contributed by atoms with van der Waals surface area (Å²) in [5.41, 5.74) is 9.64. The van der Waals surface area contributed by atoms with Gasteiger partial charge in [-0.2, -0.15) is 0 Å². The van der Waals surface area contributed by atoms with E-state index in [1.807, 2.05) is 12.1 Å². The molecule has 3 N–H and O–H groups in total. The van der Waals surface area contributed by atoms with E-state index in [1.165, 1.54) is 44.1 Å². The molecule has 0 unspecified atom stereocenters. The number of methoxy groups -OCH3 is 1. The van der Waals surface area contributed by atoms with Crippen molar-refractivity contribution in [1.82, 2.24) is 0 Å². The number of ether oxygens (including phenoxy) is 1. The molecule has 4 saturated carbocycles. The molecule has 4 aliphatic rings. The number of amidine groups is 1. The minimum absolute atomic E-state index is 0.208. The van der Waals surface area contributed by atoms with Gasteiger partial charge in [0, 0.05) is 11.1 Å². The number of hydrogen-bond donors (Lipinski definition) is 2. The van der Waals surface area contributed by atoms with Crippen LogP contribution >= 0.6 is 0 Å². The van der Waals surface area contributed by atoms with Crippen LogP contribution in [-0.2, 0) is 5.41 Å². The molecular formula is C25H28N2O3. The molecule has 4 bridgehead atoms. The molecule has 6 rings (SSSR count). The van der Waals surface area contributed by atoms with Crippen LogP contribution in [0.5, 0.6) is 5.75 Å². The normalized spacial score (nSPS) is 29.8. The molecule has 2 aromatic rings. The van der Waals surface area contributed by atoms with Gasteiger partial charge >= 0.3 is 5.97 Å². The first-order valence-electron chi connectivity index (χ1n) is 10.8. The molecule has 30 heavy (non-hydrogen) atoms. The Bertz CT molecular complexity index is 974. The minimum Gasteiger partial charge on any atom is -0.496 e. The second kappa shape index (κ2) is 7.15. The summed E-state index contributed by atoms with van der Waals surface area (Å²) in [6, 6.07) is 12.6. The van der Waals surface area contributed by atoms with Gasteiger partial charge in [0.05, 0.1) is 18.4 Å². The lowest BCUT2D eigenvalue weighted by molar-refractivity contribution is -0.00616. The third-order valence-electron chi connectivity index (χ3n) is 7.47. The summed E-state index contributed by atoms with van der Waals surface area (Å²) in [5, 5.41) is 9.06. The second-order valence-electron chi connectivity index (χ2n) is 9.46. The zero-order valence-corrected chi connectivity index (χ0v) is 17.3. The average Bonchev–Trinajstić information content (AvgIpc) is 2.72. The Balaban J connectivity index is 1.49. The van der Waals surface area contributed by atoms with Gasteiger partial charge in [-0.15, -0.1) is 0 Å². The van der Waals surface area contributed by atoms with E-state index in [9.17, 15) is 4.79 Å². The van der Waals surface area contributed by atoms with Gasteiger partial charge in [-0.05, 0) is 104 Å². The third kappa shape index (κ3) is 3.26. The highest BCUT2D eigenvalue weighted by Gasteiger charge is 2.52. The maximum atomic E-state index is 11.0. The van der Waals surface area contributed by atoms with Gasteiger partial charge in [0.2, 0.25) is 0 Å². The van der Waals surface area contributed by atoms with Gasteiger partial charge in [0.25, 0.3) is 0 Å². The van der Waals surface area contributed by atoms with Crippen molar-refractivity contribution in [2.45, 2.75) is 43.9 Å². The average molecular weight is 405 g/mol. The molecule has 4 aliphatic carbocycles. The number of rotatable bonds is 5. The van der Waals surface area contributed by atoms with E-state index in [2.05, 4.69) is 11.1 Å². The lowest BCUT2D eigenvalue weighted by Gasteiger charge is -2.57. The van der Waals surface area contributed by atoms with Crippen LogP contribution in [0.1, 0.15) is 60.0 Å². The van der Waals surface area contributed by atoms with Crippen molar-refractivity contribution in [3.05, 3.63) is 59.2 Å². The lowest BCUT2D eigenvalue weighted by Crippen LogP contribution is -2.48. The van der Waals surface area contributed by atoms with Crippen LogP contribution in [0.25, 0.3) is 0 Å². The predicted octanol–water partition coefficient (Wildman–Crippen LogP) is 4.90. The first kappa shape index (κ1) is 19.2. The summed E-state index contributed by atoms with van der Waals surface area (Å²) in [6.45, 7) is 0. The predicted molar refractivity (Wildman–Crippen MR) is 117 cm³/mol. The number of benzene rings is 2. The molecule has 156 valence electrons. The highest BCUT2D eigenvalue weighted by Crippen LogP contribution is 2.61. The van der Waals surface area contributed by atoms with Crippen LogP contribution < -0.4 is 10.5 Å². The fourth-order valence-corrected chi connectivity index (χ4v) is 6.60. The Kier molecular flexibility index (Phi) is 4.57. The Morgan fingerprint density at radius 2 is 1.57 bits per heavy atom. The fourth-order valence-electron chi connectivity index (χ4n) is 6.60. The van der Waals surface area contributed by atoms with E-state index in [0.29, 0.717) is 11.5 Å². The molecule has 0 heterocycles. The van der Waals surface area contributed by atoms with Gasteiger partial charge in [-0.25, -0.2) is 9.79 Å². The maximum absolute atomic E-state index is 11.0. The quantitative estimate of drug-likeness (QED) is 0.548. The van der Waals surface area contributed by atoms with Crippen LogP contribution in [0.3, 0.4) is 0 Å². The Hall–Kier alpha value is -2.82. The molecule has 0 saturated heterocycles. The van der Waals surface area contributed by atoms with E-state index in [4.69, 9.17) is 15.6 Å². The zero-order chi connectivity index (χ0) is 20.9. The van der Waals surface area contributed by atoms with Crippen molar-refractivity contribution in [2.75, 3.05) is 7.11 Å². The van der Waals surface area contributed by atoms with Crippen molar-refractivity contribution < 1.29 is 14.6 Å². The van der Waals surface area contributed by atoms with Gasteiger partial charge in [0.15, 0.2) is 0 Å². The van der Waals surface area contributed by atoms with Gasteiger partial charge in [0.1, 0.15) is 11.6 Å². The van der Waals surface area contributed by atoms with E-state index in [-0.39, 0.29) is 11.0 Å². The number of aliphatic imine (C=N–C) groups is 1. The summed E-state index contributed by atoms with van der Waals surface area (Å²) < 4.78 is 5.79. The second-order valence-corrected chi connectivity index (χ2v) is 9.46. The first-order valence-corrected chi connectivity index (χ1v) is 10.8.